The number of hydrogen-bond donors (Lipinski definition) is 2. The highest BCUT2D eigenvalue weighted by Crippen LogP contribution is 2.44. The van der Waals surface area contributed by atoms with Gasteiger partial charge < -0.3 is 19.4 Å². The predicted octanol–water partition coefficient (Wildman–Crippen LogP) is 5.63. The number of amides is 2. The van der Waals surface area contributed by atoms with Gasteiger partial charge in [0.05, 0.1) is 5.56 Å². The van der Waals surface area contributed by atoms with Gasteiger partial charge in [0.25, 0.3) is 11.8 Å². The molecule has 1 aliphatic rings. The number of benzene rings is 2. The largest absolute Gasteiger partial charge is 0.455 e. The van der Waals surface area contributed by atoms with Crippen LogP contribution in [0.25, 0.3) is 17.4 Å². The van der Waals surface area contributed by atoms with Gasteiger partial charge in [-0.15, -0.1) is 0 Å². The monoisotopic (exact) mass is 547 g/mol. The zero-order valence-electron chi connectivity index (χ0n) is 20.8. The lowest BCUT2D eigenvalue weighted by atomic mass is 9.82. The minimum absolute atomic E-state index is 0.0921. The number of furan rings is 1. The molecule has 0 bridgehead atoms. The summed E-state index contributed by atoms with van der Waals surface area (Å²) in [6.45, 7) is -1.43. The summed E-state index contributed by atoms with van der Waals surface area (Å²) in [5.74, 6) is -1.18. The lowest BCUT2D eigenvalue weighted by molar-refractivity contribution is -0.123. The average Bonchev–Trinajstić information content (AvgIpc) is 3.28. The van der Waals surface area contributed by atoms with E-state index in [1.807, 2.05) is 29.0 Å². The summed E-state index contributed by atoms with van der Waals surface area (Å²) >= 11 is 1.44. The number of halogens is 4. The Morgan fingerprint density at radius 3 is 2.47 bits per heavy atom. The van der Waals surface area contributed by atoms with Crippen LogP contribution in [0.15, 0.2) is 58.6 Å². The number of carbonyl (C=O) groups excluding carboxylic acids is 2. The highest BCUT2D eigenvalue weighted by atomic mass is 32.2. The van der Waals surface area contributed by atoms with E-state index in [1.165, 1.54) is 49.3 Å². The molecule has 4 rings (SSSR count). The van der Waals surface area contributed by atoms with Crippen molar-refractivity contribution >= 4 is 29.8 Å². The fourth-order valence-electron chi connectivity index (χ4n) is 4.40. The van der Waals surface area contributed by atoms with Crippen LogP contribution in [0.2, 0.25) is 0 Å². The quantitative estimate of drug-likeness (QED) is 0.296. The molecule has 6 nitrogen and oxygen atoms in total. The van der Waals surface area contributed by atoms with Crippen molar-refractivity contribution in [3.8, 4) is 11.3 Å². The lowest BCUT2D eigenvalue weighted by Crippen LogP contribution is -2.33. The fourth-order valence-corrected chi connectivity index (χ4v) is 4.79. The van der Waals surface area contributed by atoms with Gasteiger partial charge in [-0.1, -0.05) is 24.1 Å². The molecule has 11 heteroatoms. The Morgan fingerprint density at radius 2 is 1.84 bits per heavy atom. The average molecular weight is 548 g/mol. The highest BCUT2D eigenvalue weighted by Gasteiger charge is 2.34. The Bertz CT molecular complexity index is 1380. The minimum atomic E-state index is -4.52. The minimum Gasteiger partial charge on any atom is -0.455 e. The first-order valence-corrected chi connectivity index (χ1v) is 12.8. The number of carbonyl (C=O) groups is 2. The van der Waals surface area contributed by atoms with Crippen molar-refractivity contribution in [3.05, 3.63) is 88.1 Å². The van der Waals surface area contributed by atoms with E-state index in [4.69, 9.17) is 4.42 Å². The molecular formula is C27H25F4N3O3S. The van der Waals surface area contributed by atoms with E-state index < -0.39 is 24.4 Å². The second-order valence-corrected chi connectivity index (χ2v) is 9.58. The molecular weight excluding hydrogens is 522 g/mol. The molecule has 2 aromatic carbocycles. The van der Waals surface area contributed by atoms with Crippen molar-refractivity contribution in [3.63, 3.8) is 0 Å². The first kappa shape index (κ1) is 27.3. The zero-order valence-corrected chi connectivity index (χ0v) is 21.6. The summed E-state index contributed by atoms with van der Waals surface area (Å²) in [7, 11) is 3.36. The van der Waals surface area contributed by atoms with Crippen molar-refractivity contribution in [2.75, 3.05) is 26.9 Å². The van der Waals surface area contributed by atoms with Crippen LogP contribution in [-0.2, 0) is 6.42 Å². The van der Waals surface area contributed by atoms with Gasteiger partial charge in [-0.05, 0) is 48.4 Å². The van der Waals surface area contributed by atoms with Gasteiger partial charge in [0.1, 0.15) is 23.9 Å². The van der Waals surface area contributed by atoms with E-state index in [0.29, 0.717) is 40.2 Å². The number of allylic oxidation sites excluding steroid dienone is 1. The van der Waals surface area contributed by atoms with E-state index in [-0.39, 0.29) is 17.4 Å². The topological polar surface area (TPSA) is 74.6 Å². The lowest BCUT2D eigenvalue weighted by Gasteiger charge is -2.31. The Labute approximate surface area is 221 Å². The van der Waals surface area contributed by atoms with E-state index in [0.717, 1.165) is 5.70 Å². The molecule has 1 atom stereocenters. The van der Waals surface area contributed by atoms with Gasteiger partial charge in [-0.3, -0.25) is 9.59 Å². The van der Waals surface area contributed by atoms with Crippen LogP contribution in [-0.4, -0.2) is 49.2 Å². The van der Waals surface area contributed by atoms with E-state index in [2.05, 4.69) is 5.32 Å². The molecule has 1 unspecified atom stereocenters. The van der Waals surface area contributed by atoms with Crippen LogP contribution < -0.4 is 10.6 Å². The van der Waals surface area contributed by atoms with Gasteiger partial charge in [-0.2, -0.15) is 13.2 Å². The van der Waals surface area contributed by atoms with Crippen molar-refractivity contribution < 1.29 is 31.6 Å². The zero-order chi connectivity index (χ0) is 27.6. The summed E-state index contributed by atoms with van der Waals surface area (Å²) in [5, 5.41) is 4.54. The van der Waals surface area contributed by atoms with Crippen molar-refractivity contribution in [2.24, 2.45) is 0 Å². The SMILES string of the molecule is CNC(=O)c1c(-c2ccc(F)cc2)oc2c1CC(c1cccc(C(=O)NCC(F)(F)F)c1)C(N(C)SC)=C2. The molecule has 3 aromatic rings. The van der Waals surface area contributed by atoms with Gasteiger partial charge in [0.15, 0.2) is 0 Å². The number of rotatable bonds is 7. The molecule has 2 amide bonds. The molecule has 38 heavy (non-hydrogen) atoms. The second kappa shape index (κ2) is 10.9. The molecule has 0 spiro atoms. The van der Waals surface area contributed by atoms with Crippen LogP contribution in [0.4, 0.5) is 17.6 Å². The molecule has 0 radical (unpaired) electrons. The fraction of sp³-hybridized carbons (Fsp3) is 0.259. The third-order valence-corrected chi connectivity index (χ3v) is 7.04. The number of hydrogen-bond acceptors (Lipinski definition) is 5. The van der Waals surface area contributed by atoms with E-state index in [1.54, 1.807) is 18.2 Å². The predicted molar refractivity (Wildman–Crippen MR) is 138 cm³/mol. The van der Waals surface area contributed by atoms with Crippen LogP contribution in [0.5, 0.6) is 0 Å². The van der Waals surface area contributed by atoms with Crippen molar-refractivity contribution in [1.82, 2.24) is 14.9 Å². The number of nitrogens with one attached hydrogen (secondary N) is 2. The summed E-state index contributed by atoms with van der Waals surface area (Å²) in [4.78, 5) is 25.4. The smallest absolute Gasteiger partial charge is 0.405 e. The van der Waals surface area contributed by atoms with Gasteiger partial charge in [-0.25, -0.2) is 4.39 Å². The second-order valence-electron chi connectivity index (χ2n) is 8.66. The normalized spacial score (nSPS) is 14.9. The summed E-state index contributed by atoms with van der Waals surface area (Å²) in [6.07, 6.45) is -0.497. The molecule has 0 fully saturated rings. The standard InChI is InChI=1S/C27H25F4N3O3S/c1-32-26(36)23-20-12-19(16-5-4-6-17(11-16)25(35)33-14-27(29,30)31)21(34(2)38-3)13-22(20)37-24(23)15-7-9-18(28)10-8-15/h4-11,13,19H,12,14H2,1-3H3,(H,32,36)(H,33,35). The third kappa shape index (κ3) is 5.72. The number of alkyl halides is 3. The van der Waals surface area contributed by atoms with Crippen LogP contribution in [0.3, 0.4) is 0 Å². The molecule has 200 valence electrons. The first-order chi connectivity index (χ1) is 18.0. The molecule has 1 aliphatic carbocycles. The maximum atomic E-state index is 13.6. The van der Waals surface area contributed by atoms with Gasteiger partial charge in [0, 0.05) is 54.7 Å². The number of likely N-dealkylation sites (N-methyl/N-ethyl adjacent to an activating group) is 1. The van der Waals surface area contributed by atoms with Crippen molar-refractivity contribution in [1.29, 1.82) is 0 Å². The van der Waals surface area contributed by atoms with Crippen LogP contribution in [0, 0.1) is 5.82 Å². The van der Waals surface area contributed by atoms with Crippen molar-refractivity contribution in [2.45, 2.75) is 18.5 Å². The van der Waals surface area contributed by atoms with Crippen LogP contribution in [0.1, 0.15) is 43.5 Å². The molecule has 0 aliphatic heterocycles. The van der Waals surface area contributed by atoms with Gasteiger partial charge in [0.2, 0.25) is 0 Å². The number of fused-ring (bicyclic) bond motifs is 1. The Balaban J connectivity index is 1.78. The maximum absolute atomic E-state index is 13.6. The first-order valence-electron chi connectivity index (χ1n) is 11.6. The maximum Gasteiger partial charge on any atom is 0.405 e. The Hall–Kier alpha value is -3.73. The number of nitrogens with zero attached hydrogens (tertiary/aromatic N) is 1. The summed E-state index contributed by atoms with van der Waals surface area (Å²) in [5.41, 5.74) is 3.09. The summed E-state index contributed by atoms with van der Waals surface area (Å²) in [6, 6.07) is 12.0. The third-order valence-electron chi connectivity index (χ3n) is 6.28. The Kier molecular flexibility index (Phi) is 7.86. The van der Waals surface area contributed by atoms with E-state index >= 15 is 0 Å². The Morgan fingerprint density at radius 1 is 1.13 bits per heavy atom. The molecule has 1 aromatic heterocycles. The molecule has 0 saturated heterocycles. The molecule has 2 N–H and O–H groups in total. The summed E-state index contributed by atoms with van der Waals surface area (Å²) < 4.78 is 59.5. The van der Waals surface area contributed by atoms with E-state index in [9.17, 15) is 27.2 Å². The highest BCUT2D eigenvalue weighted by molar-refractivity contribution is 7.96. The molecule has 0 saturated carbocycles. The van der Waals surface area contributed by atoms with Crippen LogP contribution >= 0.6 is 11.9 Å². The van der Waals surface area contributed by atoms with Gasteiger partial charge >= 0.3 is 6.18 Å². The molecule has 1 heterocycles.